The Morgan fingerprint density at radius 1 is 1.17 bits per heavy atom. The van der Waals surface area contributed by atoms with E-state index in [0.29, 0.717) is 29.4 Å². The average Bonchev–Trinajstić information content (AvgIpc) is 3.12. The first-order valence-electron chi connectivity index (χ1n) is 9.38. The molecule has 0 radical (unpaired) electrons. The first-order valence-corrected chi connectivity index (χ1v) is 9.38. The molecule has 6 nitrogen and oxygen atoms in total. The van der Waals surface area contributed by atoms with Crippen molar-refractivity contribution in [3.63, 3.8) is 0 Å². The van der Waals surface area contributed by atoms with Crippen LogP contribution in [0.15, 0.2) is 48.5 Å². The van der Waals surface area contributed by atoms with E-state index in [1.807, 2.05) is 0 Å². The van der Waals surface area contributed by atoms with Gasteiger partial charge in [-0.15, -0.1) is 5.10 Å². The minimum atomic E-state index is -4.42. The maximum atomic E-state index is 12.9. The Morgan fingerprint density at radius 2 is 1.87 bits per heavy atom. The summed E-state index contributed by atoms with van der Waals surface area (Å²) in [5.41, 5.74) is 0.835. The van der Waals surface area contributed by atoms with E-state index >= 15 is 0 Å². The third-order valence-corrected chi connectivity index (χ3v) is 4.21. The maximum absolute atomic E-state index is 12.9. The van der Waals surface area contributed by atoms with Crippen molar-refractivity contribution in [1.82, 2.24) is 14.8 Å². The quantitative estimate of drug-likeness (QED) is 0.615. The molecular weight excluding hydrogens is 397 g/mol. The highest BCUT2D eigenvalue weighted by Crippen LogP contribution is 2.31. The molecule has 0 aliphatic rings. The topological polar surface area (TPSA) is 69.0 Å². The fraction of sp³-hybridized carbons (Fsp3) is 0.286. The predicted molar refractivity (Wildman–Crippen MR) is 106 cm³/mol. The van der Waals surface area contributed by atoms with E-state index < -0.39 is 11.7 Å². The second-order valence-electron chi connectivity index (χ2n) is 6.83. The van der Waals surface area contributed by atoms with Gasteiger partial charge in [0, 0.05) is 17.2 Å². The Hall–Kier alpha value is -3.36. The molecule has 9 heteroatoms. The molecule has 3 rings (SSSR count). The number of alkyl halides is 3. The Bertz CT molecular complexity index is 1030. The molecule has 0 spiro atoms. The van der Waals surface area contributed by atoms with E-state index in [2.05, 4.69) is 15.4 Å². The van der Waals surface area contributed by atoms with Gasteiger partial charge in [0.2, 0.25) is 5.91 Å². The molecule has 0 unspecified atom stereocenters. The molecule has 0 aliphatic carbocycles. The van der Waals surface area contributed by atoms with Gasteiger partial charge in [-0.05, 0) is 37.3 Å². The summed E-state index contributed by atoms with van der Waals surface area (Å²) in [6.45, 7) is 5.68. The van der Waals surface area contributed by atoms with Crippen molar-refractivity contribution < 1.29 is 22.7 Å². The van der Waals surface area contributed by atoms with Crippen LogP contribution in [0, 0.1) is 5.92 Å². The number of halogens is 3. The fourth-order valence-corrected chi connectivity index (χ4v) is 2.66. The van der Waals surface area contributed by atoms with E-state index in [9.17, 15) is 18.0 Å². The SMILES string of the molecule is CCOc1nc(-c2ccc(C(F)(F)F)cc2)n(-c2cccc(NC(=O)C(C)C)c2)n1. The lowest BCUT2D eigenvalue weighted by atomic mass is 10.1. The number of ether oxygens (including phenoxy) is 1. The van der Waals surface area contributed by atoms with Crippen LogP contribution in [0.3, 0.4) is 0 Å². The Balaban J connectivity index is 2.02. The number of carbonyl (C=O) groups excluding carboxylic acids is 1. The van der Waals surface area contributed by atoms with Gasteiger partial charge in [-0.2, -0.15) is 18.2 Å². The molecule has 30 heavy (non-hydrogen) atoms. The lowest BCUT2D eigenvalue weighted by Crippen LogP contribution is -2.17. The molecular formula is C21H21F3N4O2. The van der Waals surface area contributed by atoms with Gasteiger partial charge < -0.3 is 10.1 Å². The van der Waals surface area contributed by atoms with Gasteiger partial charge in [0.15, 0.2) is 5.82 Å². The Morgan fingerprint density at radius 3 is 2.47 bits per heavy atom. The van der Waals surface area contributed by atoms with Crippen LogP contribution < -0.4 is 10.1 Å². The third kappa shape index (κ3) is 4.79. The third-order valence-electron chi connectivity index (χ3n) is 4.21. The molecule has 0 saturated carbocycles. The molecule has 1 heterocycles. The zero-order valence-corrected chi connectivity index (χ0v) is 16.7. The molecule has 1 aromatic heterocycles. The van der Waals surface area contributed by atoms with Crippen molar-refractivity contribution in [2.45, 2.75) is 26.9 Å². The van der Waals surface area contributed by atoms with E-state index in [4.69, 9.17) is 4.74 Å². The van der Waals surface area contributed by atoms with Gasteiger partial charge in [0.25, 0.3) is 0 Å². The molecule has 3 aromatic rings. The van der Waals surface area contributed by atoms with Gasteiger partial charge in [0.05, 0.1) is 17.9 Å². The summed E-state index contributed by atoms with van der Waals surface area (Å²) in [7, 11) is 0. The maximum Gasteiger partial charge on any atom is 0.416 e. The molecule has 0 saturated heterocycles. The van der Waals surface area contributed by atoms with Crippen LogP contribution in [0.4, 0.5) is 18.9 Å². The lowest BCUT2D eigenvalue weighted by molar-refractivity contribution is -0.137. The predicted octanol–water partition coefficient (Wildman–Crippen LogP) is 4.95. The molecule has 158 valence electrons. The van der Waals surface area contributed by atoms with Crippen LogP contribution in [0.1, 0.15) is 26.3 Å². The second-order valence-corrected chi connectivity index (χ2v) is 6.83. The summed E-state index contributed by atoms with van der Waals surface area (Å²) < 4.78 is 45.5. The molecule has 1 amide bonds. The average molecular weight is 418 g/mol. The van der Waals surface area contributed by atoms with Crippen molar-refractivity contribution in [2.75, 3.05) is 11.9 Å². The summed E-state index contributed by atoms with van der Waals surface area (Å²) in [4.78, 5) is 16.3. The molecule has 2 aromatic carbocycles. The van der Waals surface area contributed by atoms with Crippen molar-refractivity contribution in [3.8, 4) is 23.1 Å². The van der Waals surface area contributed by atoms with Gasteiger partial charge in [0.1, 0.15) is 0 Å². The smallest absolute Gasteiger partial charge is 0.416 e. The standard InChI is InChI=1S/C21H21F3N4O2/c1-4-30-20-26-18(14-8-10-15(11-9-14)21(22,23)24)28(27-20)17-7-5-6-16(12-17)25-19(29)13(2)3/h5-13H,4H2,1-3H3,(H,25,29). The molecule has 0 fully saturated rings. The number of amides is 1. The van der Waals surface area contributed by atoms with Gasteiger partial charge in [-0.3, -0.25) is 4.79 Å². The van der Waals surface area contributed by atoms with Crippen LogP contribution in [0.5, 0.6) is 6.01 Å². The van der Waals surface area contributed by atoms with Crippen LogP contribution in [0.25, 0.3) is 17.1 Å². The first-order chi connectivity index (χ1) is 14.2. The largest absolute Gasteiger partial charge is 0.463 e. The molecule has 0 atom stereocenters. The van der Waals surface area contributed by atoms with Crippen LogP contribution >= 0.6 is 0 Å². The number of hydrogen-bond acceptors (Lipinski definition) is 4. The number of hydrogen-bond donors (Lipinski definition) is 1. The second kappa shape index (κ2) is 8.56. The van der Waals surface area contributed by atoms with E-state index in [-0.39, 0.29) is 17.8 Å². The van der Waals surface area contributed by atoms with Gasteiger partial charge in [-0.25, -0.2) is 4.68 Å². The minimum Gasteiger partial charge on any atom is -0.463 e. The fourth-order valence-electron chi connectivity index (χ4n) is 2.66. The summed E-state index contributed by atoms with van der Waals surface area (Å²) >= 11 is 0. The van der Waals surface area contributed by atoms with E-state index in [1.165, 1.54) is 16.8 Å². The van der Waals surface area contributed by atoms with E-state index in [1.54, 1.807) is 45.0 Å². The summed E-state index contributed by atoms with van der Waals surface area (Å²) in [5, 5.41) is 7.13. The van der Waals surface area contributed by atoms with Crippen molar-refractivity contribution >= 4 is 11.6 Å². The van der Waals surface area contributed by atoms with Crippen LogP contribution in [0.2, 0.25) is 0 Å². The molecule has 0 bridgehead atoms. The highest BCUT2D eigenvalue weighted by atomic mass is 19.4. The normalized spacial score (nSPS) is 11.6. The number of aromatic nitrogens is 3. The van der Waals surface area contributed by atoms with Crippen LogP contribution in [-0.4, -0.2) is 27.3 Å². The first kappa shape index (κ1) is 21.4. The molecule has 0 aliphatic heterocycles. The Kier molecular flexibility index (Phi) is 6.09. The highest BCUT2D eigenvalue weighted by Gasteiger charge is 2.30. The summed E-state index contributed by atoms with van der Waals surface area (Å²) in [6.07, 6.45) is -4.42. The zero-order valence-electron chi connectivity index (χ0n) is 16.7. The number of nitrogens with zero attached hydrogens (tertiary/aromatic N) is 3. The Labute approximate surface area is 171 Å². The van der Waals surface area contributed by atoms with Crippen molar-refractivity contribution in [3.05, 3.63) is 54.1 Å². The van der Waals surface area contributed by atoms with Crippen molar-refractivity contribution in [1.29, 1.82) is 0 Å². The summed E-state index contributed by atoms with van der Waals surface area (Å²) in [5.74, 6) is -0.00416. The highest BCUT2D eigenvalue weighted by molar-refractivity contribution is 5.92. The number of carbonyl (C=O) groups is 1. The number of anilines is 1. The minimum absolute atomic E-state index is 0.101. The van der Waals surface area contributed by atoms with Crippen LogP contribution in [-0.2, 0) is 11.0 Å². The summed E-state index contributed by atoms with van der Waals surface area (Å²) in [6, 6.07) is 11.7. The van der Waals surface area contributed by atoms with Crippen molar-refractivity contribution in [2.24, 2.45) is 5.92 Å². The molecule has 1 N–H and O–H groups in total. The number of nitrogens with one attached hydrogen (secondary N) is 1. The van der Waals surface area contributed by atoms with E-state index in [0.717, 1.165) is 12.1 Å². The van der Waals surface area contributed by atoms with Gasteiger partial charge in [-0.1, -0.05) is 32.0 Å². The monoisotopic (exact) mass is 418 g/mol. The lowest BCUT2D eigenvalue weighted by Gasteiger charge is -2.11. The van der Waals surface area contributed by atoms with Gasteiger partial charge >= 0.3 is 12.2 Å². The number of rotatable bonds is 6. The zero-order chi connectivity index (χ0) is 21.9. The number of benzene rings is 2.